The molecule has 0 saturated heterocycles. The molecule has 0 aliphatic heterocycles. The molecule has 0 amide bonds. The van der Waals surface area contributed by atoms with Crippen LogP contribution in [-0.4, -0.2) is 10.7 Å². The van der Waals surface area contributed by atoms with Crippen molar-refractivity contribution in [2.75, 3.05) is 0 Å². The van der Waals surface area contributed by atoms with Crippen molar-refractivity contribution < 1.29 is 4.79 Å². The maximum absolute atomic E-state index is 10.8. The molecule has 2 heterocycles. The van der Waals surface area contributed by atoms with Gasteiger partial charge in [0.2, 0.25) is 0 Å². The second-order valence-corrected chi connectivity index (χ2v) is 3.21. The number of fused-ring (bicyclic) bond motifs is 1. The lowest BCUT2D eigenvalue weighted by Crippen LogP contribution is -1.90. The maximum atomic E-state index is 10.8. The van der Waals surface area contributed by atoms with Gasteiger partial charge in [0, 0.05) is 11.7 Å². The van der Waals surface area contributed by atoms with E-state index in [9.17, 15) is 4.79 Å². The van der Waals surface area contributed by atoms with Crippen LogP contribution in [0.4, 0.5) is 0 Å². The summed E-state index contributed by atoms with van der Waals surface area (Å²) in [4.78, 5) is 10.8. The molecule has 0 radical (unpaired) electrons. The second kappa shape index (κ2) is 2.73. The van der Waals surface area contributed by atoms with E-state index in [1.165, 1.54) is 5.56 Å². The predicted octanol–water partition coefficient (Wildman–Crippen LogP) is 2.37. The monoisotopic (exact) mass is 173 g/mol. The summed E-state index contributed by atoms with van der Waals surface area (Å²) in [6.07, 6.45) is 2.83. The number of carbonyl (C=O) groups is 1. The van der Waals surface area contributed by atoms with Crippen LogP contribution in [0.25, 0.3) is 5.52 Å². The Morgan fingerprint density at radius 1 is 1.23 bits per heavy atom. The fourth-order valence-corrected chi connectivity index (χ4v) is 1.67. The first-order chi connectivity index (χ1) is 6.25. The SMILES string of the molecule is Cc1c(C)c2ccccn2c1C=O. The number of aryl methyl sites for hydroxylation is 1. The summed E-state index contributed by atoms with van der Waals surface area (Å²) in [6, 6.07) is 5.94. The van der Waals surface area contributed by atoms with Crippen LogP contribution in [0.5, 0.6) is 0 Å². The molecule has 0 bridgehead atoms. The van der Waals surface area contributed by atoms with Gasteiger partial charge in [-0.15, -0.1) is 0 Å². The van der Waals surface area contributed by atoms with Crippen molar-refractivity contribution in [3.63, 3.8) is 0 Å². The summed E-state index contributed by atoms with van der Waals surface area (Å²) < 4.78 is 1.93. The van der Waals surface area contributed by atoms with E-state index in [4.69, 9.17) is 0 Å². The number of rotatable bonds is 1. The zero-order valence-corrected chi connectivity index (χ0v) is 7.74. The molecule has 0 saturated carbocycles. The zero-order valence-electron chi connectivity index (χ0n) is 7.74. The van der Waals surface area contributed by atoms with Gasteiger partial charge in [-0.2, -0.15) is 0 Å². The Kier molecular flexibility index (Phi) is 1.69. The lowest BCUT2D eigenvalue weighted by Gasteiger charge is -1.94. The highest BCUT2D eigenvalue weighted by molar-refractivity contribution is 5.80. The first kappa shape index (κ1) is 8.05. The summed E-state index contributed by atoms with van der Waals surface area (Å²) in [6.45, 7) is 4.02. The highest BCUT2D eigenvalue weighted by Crippen LogP contribution is 2.20. The number of aromatic nitrogens is 1. The van der Waals surface area contributed by atoms with Gasteiger partial charge >= 0.3 is 0 Å². The second-order valence-electron chi connectivity index (χ2n) is 3.21. The Bertz CT molecular complexity index is 468. The molecule has 0 unspecified atom stereocenters. The molecule has 0 fully saturated rings. The Hall–Kier alpha value is -1.57. The van der Waals surface area contributed by atoms with Crippen LogP contribution < -0.4 is 0 Å². The van der Waals surface area contributed by atoms with E-state index < -0.39 is 0 Å². The molecule has 2 nitrogen and oxygen atoms in total. The smallest absolute Gasteiger partial charge is 0.167 e. The Balaban J connectivity index is 2.98. The number of hydrogen-bond donors (Lipinski definition) is 0. The third kappa shape index (κ3) is 0.985. The van der Waals surface area contributed by atoms with E-state index in [-0.39, 0.29) is 0 Å². The standard InChI is InChI=1S/C11H11NO/c1-8-9(2)11(7-13)12-6-4-3-5-10(8)12/h3-7H,1-2H3. The van der Waals surface area contributed by atoms with Gasteiger partial charge in [-0.25, -0.2) is 0 Å². The van der Waals surface area contributed by atoms with Crippen molar-refractivity contribution in [2.24, 2.45) is 0 Å². The number of carbonyl (C=O) groups excluding carboxylic acids is 1. The first-order valence-corrected chi connectivity index (χ1v) is 4.27. The summed E-state index contributed by atoms with van der Waals surface area (Å²) >= 11 is 0. The van der Waals surface area contributed by atoms with Crippen LogP contribution >= 0.6 is 0 Å². The maximum Gasteiger partial charge on any atom is 0.167 e. The van der Waals surface area contributed by atoms with E-state index in [1.54, 1.807) is 0 Å². The van der Waals surface area contributed by atoms with E-state index in [2.05, 4.69) is 0 Å². The van der Waals surface area contributed by atoms with Crippen molar-refractivity contribution >= 4 is 11.8 Å². The third-order valence-electron chi connectivity index (χ3n) is 2.56. The van der Waals surface area contributed by atoms with Crippen LogP contribution in [-0.2, 0) is 0 Å². The average molecular weight is 173 g/mol. The van der Waals surface area contributed by atoms with Crippen molar-refractivity contribution in [3.05, 3.63) is 41.2 Å². The van der Waals surface area contributed by atoms with Gasteiger partial charge in [0.25, 0.3) is 0 Å². The van der Waals surface area contributed by atoms with Crippen LogP contribution in [0.2, 0.25) is 0 Å². The molecule has 0 N–H and O–H groups in total. The molecule has 2 heteroatoms. The average Bonchev–Trinajstić information content (AvgIpc) is 2.41. The predicted molar refractivity (Wildman–Crippen MR) is 52.3 cm³/mol. The first-order valence-electron chi connectivity index (χ1n) is 4.27. The normalized spacial score (nSPS) is 10.6. The fourth-order valence-electron chi connectivity index (χ4n) is 1.67. The molecule has 66 valence electrons. The molecule has 2 aromatic heterocycles. The van der Waals surface area contributed by atoms with E-state index in [0.29, 0.717) is 0 Å². The van der Waals surface area contributed by atoms with Gasteiger partial charge in [0.1, 0.15) is 0 Å². The van der Waals surface area contributed by atoms with Gasteiger partial charge in [0.05, 0.1) is 5.69 Å². The van der Waals surface area contributed by atoms with Crippen molar-refractivity contribution in [2.45, 2.75) is 13.8 Å². The lowest BCUT2D eigenvalue weighted by atomic mass is 10.2. The molecule has 0 spiro atoms. The summed E-state index contributed by atoms with van der Waals surface area (Å²) in [5.41, 5.74) is 4.12. The van der Waals surface area contributed by atoms with E-state index in [0.717, 1.165) is 23.1 Å². The third-order valence-corrected chi connectivity index (χ3v) is 2.56. The number of nitrogens with zero attached hydrogens (tertiary/aromatic N) is 1. The molecule has 0 aliphatic carbocycles. The summed E-state index contributed by atoms with van der Waals surface area (Å²) in [5, 5.41) is 0. The molecule has 13 heavy (non-hydrogen) atoms. The lowest BCUT2D eigenvalue weighted by molar-refractivity contribution is 0.111. The van der Waals surface area contributed by atoms with Gasteiger partial charge in [-0.05, 0) is 37.1 Å². The van der Waals surface area contributed by atoms with E-state index in [1.807, 2.05) is 42.6 Å². The molecule has 0 atom stereocenters. The van der Waals surface area contributed by atoms with Crippen molar-refractivity contribution in [1.29, 1.82) is 0 Å². The van der Waals surface area contributed by atoms with Gasteiger partial charge < -0.3 is 4.40 Å². The summed E-state index contributed by atoms with van der Waals surface area (Å²) in [7, 11) is 0. The largest absolute Gasteiger partial charge is 0.314 e. The van der Waals surface area contributed by atoms with E-state index >= 15 is 0 Å². The molecule has 0 aromatic carbocycles. The van der Waals surface area contributed by atoms with Crippen LogP contribution in [0.1, 0.15) is 21.6 Å². The molecule has 2 aromatic rings. The molecule has 2 rings (SSSR count). The molecular weight excluding hydrogens is 162 g/mol. The fraction of sp³-hybridized carbons (Fsp3) is 0.182. The van der Waals surface area contributed by atoms with Gasteiger partial charge in [-0.3, -0.25) is 4.79 Å². The van der Waals surface area contributed by atoms with Crippen molar-refractivity contribution in [3.8, 4) is 0 Å². The Morgan fingerprint density at radius 3 is 2.69 bits per heavy atom. The minimum absolute atomic E-state index is 0.758. The number of aldehydes is 1. The highest BCUT2D eigenvalue weighted by Gasteiger charge is 2.09. The number of hydrogen-bond acceptors (Lipinski definition) is 1. The summed E-state index contributed by atoms with van der Waals surface area (Å²) in [5.74, 6) is 0. The van der Waals surface area contributed by atoms with Crippen LogP contribution in [0, 0.1) is 13.8 Å². The topological polar surface area (TPSA) is 21.5 Å². The minimum Gasteiger partial charge on any atom is -0.314 e. The Labute approximate surface area is 76.8 Å². The van der Waals surface area contributed by atoms with Crippen molar-refractivity contribution in [1.82, 2.24) is 4.40 Å². The molecule has 0 aliphatic rings. The minimum atomic E-state index is 0.758. The highest BCUT2D eigenvalue weighted by atomic mass is 16.1. The Morgan fingerprint density at radius 2 is 2.00 bits per heavy atom. The van der Waals surface area contributed by atoms with Crippen LogP contribution in [0.15, 0.2) is 24.4 Å². The van der Waals surface area contributed by atoms with Gasteiger partial charge in [0.15, 0.2) is 6.29 Å². The quantitative estimate of drug-likeness (QED) is 0.606. The van der Waals surface area contributed by atoms with Crippen LogP contribution in [0.3, 0.4) is 0 Å². The zero-order chi connectivity index (χ0) is 9.42. The van der Waals surface area contributed by atoms with Gasteiger partial charge in [-0.1, -0.05) is 6.07 Å². The molecular formula is C11H11NO. The number of pyridine rings is 1.